The number of benzene rings is 1. The third-order valence-electron chi connectivity index (χ3n) is 4.00. The van der Waals surface area contributed by atoms with Crippen molar-refractivity contribution in [3.8, 4) is 0 Å². The molecule has 0 saturated carbocycles. The molecule has 1 saturated heterocycles. The first-order valence-corrected chi connectivity index (χ1v) is 6.88. The quantitative estimate of drug-likeness (QED) is 0.808. The Hall–Kier alpha value is -1.74. The normalized spacial score (nSPS) is 23.4. The summed E-state index contributed by atoms with van der Waals surface area (Å²) in [5, 5.41) is 12.2. The van der Waals surface area contributed by atoms with Crippen molar-refractivity contribution >= 4 is 17.1 Å². The molecule has 0 aliphatic carbocycles. The molecule has 0 radical (unpaired) electrons. The molecule has 19 heavy (non-hydrogen) atoms. The van der Waals surface area contributed by atoms with Gasteiger partial charge in [-0.05, 0) is 36.4 Å². The molecule has 0 spiro atoms. The lowest BCUT2D eigenvalue weighted by molar-refractivity contribution is 0.365. The highest BCUT2D eigenvalue weighted by atomic mass is 14.9. The predicted octanol–water partition coefficient (Wildman–Crippen LogP) is 2.95. The second-order valence-corrected chi connectivity index (χ2v) is 5.48. The van der Waals surface area contributed by atoms with Crippen molar-refractivity contribution in [3.63, 3.8) is 0 Å². The number of hydrogen-bond donors (Lipinski definition) is 2. The standard InChI is InChI=1S/C16H19N3/c1-11-7-13(10-18-9-11)14-5-4-12(8-17)16-15(14)3-2-6-19-16/h2-6,8,11,13,17-18H,7,9-10H2,1H3. The van der Waals surface area contributed by atoms with Gasteiger partial charge in [-0.25, -0.2) is 0 Å². The van der Waals surface area contributed by atoms with Crippen LogP contribution in [0.25, 0.3) is 10.9 Å². The third kappa shape index (κ3) is 2.26. The summed E-state index contributed by atoms with van der Waals surface area (Å²) in [5.74, 6) is 1.27. The van der Waals surface area contributed by atoms with Crippen molar-refractivity contribution in [1.82, 2.24) is 10.3 Å². The average Bonchev–Trinajstić information content (AvgIpc) is 2.46. The highest BCUT2D eigenvalue weighted by molar-refractivity contribution is 5.98. The van der Waals surface area contributed by atoms with E-state index in [0.29, 0.717) is 11.8 Å². The number of hydrogen-bond acceptors (Lipinski definition) is 3. The molecule has 3 heteroatoms. The molecule has 2 unspecified atom stereocenters. The Kier molecular flexibility index (Phi) is 3.30. The molecule has 3 rings (SSSR count). The van der Waals surface area contributed by atoms with Gasteiger partial charge in [0.2, 0.25) is 0 Å². The lowest BCUT2D eigenvalue weighted by Gasteiger charge is -2.29. The summed E-state index contributed by atoms with van der Waals surface area (Å²) in [5.41, 5.74) is 3.22. The topological polar surface area (TPSA) is 48.8 Å². The first-order valence-electron chi connectivity index (χ1n) is 6.88. The molecule has 1 aromatic heterocycles. The van der Waals surface area contributed by atoms with E-state index in [1.807, 2.05) is 12.1 Å². The first kappa shape index (κ1) is 12.3. The zero-order valence-corrected chi connectivity index (χ0v) is 11.2. The average molecular weight is 253 g/mol. The number of fused-ring (bicyclic) bond motifs is 1. The monoisotopic (exact) mass is 253 g/mol. The van der Waals surface area contributed by atoms with Crippen molar-refractivity contribution < 1.29 is 0 Å². The van der Waals surface area contributed by atoms with Crippen LogP contribution in [-0.4, -0.2) is 24.3 Å². The van der Waals surface area contributed by atoms with Crippen molar-refractivity contribution in [1.29, 1.82) is 5.41 Å². The molecule has 98 valence electrons. The van der Waals surface area contributed by atoms with E-state index in [1.54, 1.807) is 6.20 Å². The van der Waals surface area contributed by atoms with Crippen LogP contribution in [0.5, 0.6) is 0 Å². The Morgan fingerprint density at radius 2 is 2.21 bits per heavy atom. The summed E-state index contributed by atoms with van der Waals surface area (Å²) in [4.78, 5) is 4.45. The van der Waals surface area contributed by atoms with E-state index in [2.05, 4.69) is 29.4 Å². The summed E-state index contributed by atoms with van der Waals surface area (Å²) in [6.07, 6.45) is 4.42. The fourth-order valence-electron chi connectivity index (χ4n) is 3.08. The zero-order chi connectivity index (χ0) is 13.2. The number of rotatable bonds is 2. The van der Waals surface area contributed by atoms with E-state index in [4.69, 9.17) is 5.41 Å². The lowest BCUT2D eigenvalue weighted by Crippen LogP contribution is -2.33. The molecule has 2 aromatic rings. The second-order valence-electron chi connectivity index (χ2n) is 5.48. The summed E-state index contributed by atoms with van der Waals surface area (Å²) < 4.78 is 0. The minimum Gasteiger partial charge on any atom is -0.316 e. The summed E-state index contributed by atoms with van der Waals surface area (Å²) >= 11 is 0. The van der Waals surface area contributed by atoms with E-state index < -0.39 is 0 Å². The highest BCUT2D eigenvalue weighted by Crippen LogP contribution is 2.32. The number of pyridine rings is 1. The smallest absolute Gasteiger partial charge is 0.0792 e. The van der Waals surface area contributed by atoms with Gasteiger partial charge in [-0.2, -0.15) is 0 Å². The molecule has 0 amide bonds. The number of nitrogens with zero attached hydrogens (tertiary/aromatic N) is 1. The largest absolute Gasteiger partial charge is 0.316 e. The molecule has 2 atom stereocenters. The minimum absolute atomic E-state index is 0.551. The third-order valence-corrected chi connectivity index (χ3v) is 4.00. The van der Waals surface area contributed by atoms with E-state index in [9.17, 15) is 0 Å². The van der Waals surface area contributed by atoms with Gasteiger partial charge in [0, 0.05) is 29.9 Å². The fraction of sp³-hybridized carbons (Fsp3) is 0.375. The van der Waals surface area contributed by atoms with Gasteiger partial charge in [0.1, 0.15) is 0 Å². The van der Waals surface area contributed by atoms with Gasteiger partial charge in [0.05, 0.1) is 5.52 Å². The number of piperidine rings is 1. The Labute approximate surface area is 113 Å². The van der Waals surface area contributed by atoms with Crippen LogP contribution in [0.3, 0.4) is 0 Å². The summed E-state index contributed by atoms with van der Waals surface area (Å²) in [6.45, 7) is 4.45. The zero-order valence-electron chi connectivity index (χ0n) is 11.2. The van der Waals surface area contributed by atoms with E-state index in [-0.39, 0.29) is 0 Å². The predicted molar refractivity (Wildman–Crippen MR) is 79.0 cm³/mol. The maximum atomic E-state index is 7.50. The Bertz CT molecular complexity index is 606. The number of nitrogens with one attached hydrogen (secondary N) is 2. The van der Waals surface area contributed by atoms with Crippen LogP contribution in [0.1, 0.15) is 30.4 Å². The fourth-order valence-corrected chi connectivity index (χ4v) is 3.08. The Morgan fingerprint density at radius 1 is 1.32 bits per heavy atom. The molecule has 1 aliphatic rings. The molecule has 1 aromatic carbocycles. The molecule has 2 heterocycles. The molecular formula is C16H19N3. The summed E-state index contributed by atoms with van der Waals surface area (Å²) in [7, 11) is 0. The van der Waals surface area contributed by atoms with Gasteiger partial charge in [-0.1, -0.05) is 25.1 Å². The highest BCUT2D eigenvalue weighted by Gasteiger charge is 2.22. The van der Waals surface area contributed by atoms with E-state index >= 15 is 0 Å². The number of aromatic nitrogens is 1. The SMILES string of the molecule is CC1CNCC(c2ccc(C=N)c3ncccc23)C1. The van der Waals surface area contributed by atoms with Gasteiger partial charge in [-0.3, -0.25) is 4.98 Å². The van der Waals surface area contributed by atoms with Crippen LogP contribution in [0.2, 0.25) is 0 Å². The van der Waals surface area contributed by atoms with Crippen LogP contribution in [0, 0.1) is 11.3 Å². The van der Waals surface area contributed by atoms with Crippen molar-refractivity contribution in [2.24, 2.45) is 5.92 Å². The Balaban J connectivity index is 2.11. The molecule has 1 fully saturated rings. The van der Waals surface area contributed by atoms with Gasteiger partial charge in [-0.15, -0.1) is 0 Å². The summed E-state index contributed by atoms with van der Waals surface area (Å²) in [6, 6.07) is 8.31. The molecule has 3 nitrogen and oxygen atoms in total. The van der Waals surface area contributed by atoms with Crippen LogP contribution in [0.15, 0.2) is 30.5 Å². The Morgan fingerprint density at radius 3 is 3.00 bits per heavy atom. The minimum atomic E-state index is 0.551. The van der Waals surface area contributed by atoms with Crippen LogP contribution in [0.4, 0.5) is 0 Å². The lowest BCUT2D eigenvalue weighted by atomic mass is 9.84. The molecular weight excluding hydrogens is 234 g/mol. The molecule has 2 N–H and O–H groups in total. The molecule has 0 bridgehead atoms. The van der Waals surface area contributed by atoms with Crippen molar-refractivity contribution in [2.75, 3.05) is 13.1 Å². The first-order chi connectivity index (χ1) is 9.29. The van der Waals surface area contributed by atoms with Crippen LogP contribution in [-0.2, 0) is 0 Å². The van der Waals surface area contributed by atoms with Crippen molar-refractivity contribution in [3.05, 3.63) is 41.6 Å². The van der Waals surface area contributed by atoms with Crippen LogP contribution < -0.4 is 5.32 Å². The van der Waals surface area contributed by atoms with E-state index in [1.165, 1.54) is 23.6 Å². The van der Waals surface area contributed by atoms with Crippen LogP contribution >= 0.6 is 0 Å². The second kappa shape index (κ2) is 5.10. The maximum absolute atomic E-state index is 7.50. The van der Waals surface area contributed by atoms with Gasteiger partial charge in [0.25, 0.3) is 0 Å². The maximum Gasteiger partial charge on any atom is 0.0792 e. The molecule has 1 aliphatic heterocycles. The van der Waals surface area contributed by atoms with Gasteiger partial charge < -0.3 is 10.7 Å². The van der Waals surface area contributed by atoms with Gasteiger partial charge >= 0.3 is 0 Å². The van der Waals surface area contributed by atoms with E-state index in [0.717, 1.165) is 24.2 Å². The van der Waals surface area contributed by atoms with Gasteiger partial charge in [0.15, 0.2) is 0 Å². The van der Waals surface area contributed by atoms with Crippen molar-refractivity contribution in [2.45, 2.75) is 19.3 Å².